The molecule has 0 radical (unpaired) electrons. The topological polar surface area (TPSA) is 68.0 Å². The lowest BCUT2D eigenvalue weighted by atomic mass is 10.1. The number of carbonyl (C=O) groups excluding carboxylic acids is 1. The van der Waals surface area contributed by atoms with Gasteiger partial charge in [-0.15, -0.1) is 11.3 Å². The van der Waals surface area contributed by atoms with Crippen molar-refractivity contribution in [3.63, 3.8) is 0 Å². The maximum absolute atomic E-state index is 11.9. The summed E-state index contributed by atoms with van der Waals surface area (Å²) in [4.78, 5) is 17.0. The Morgan fingerprint density at radius 1 is 1.53 bits per heavy atom. The van der Waals surface area contributed by atoms with E-state index in [1.165, 1.54) is 11.3 Å². The van der Waals surface area contributed by atoms with Crippen LogP contribution >= 0.6 is 11.3 Å². The molecule has 0 aliphatic carbocycles. The first-order valence-electron chi connectivity index (χ1n) is 5.99. The van der Waals surface area contributed by atoms with Gasteiger partial charge in [0.2, 0.25) is 0 Å². The number of aryl methyl sites for hydroxylation is 1. The Labute approximate surface area is 107 Å². The summed E-state index contributed by atoms with van der Waals surface area (Å²) in [6.45, 7) is 7.45. The first kappa shape index (κ1) is 14.1. The van der Waals surface area contributed by atoms with E-state index < -0.39 is 0 Å². The Bertz CT molecular complexity index is 374. The Kier molecular flexibility index (Phi) is 5.58. The second kappa shape index (κ2) is 6.71. The Hall–Kier alpha value is -0.940. The molecule has 1 rings (SSSR count). The van der Waals surface area contributed by atoms with E-state index in [-0.39, 0.29) is 5.91 Å². The molecule has 1 aromatic heterocycles. The monoisotopic (exact) mass is 255 g/mol. The van der Waals surface area contributed by atoms with E-state index in [1.54, 1.807) is 0 Å². The van der Waals surface area contributed by atoms with Gasteiger partial charge in [0, 0.05) is 13.0 Å². The van der Waals surface area contributed by atoms with Crippen molar-refractivity contribution in [3.05, 3.63) is 15.6 Å². The fourth-order valence-corrected chi connectivity index (χ4v) is 2.44. The van der Waals surface area contributed by atoms with Crippen molar-refractivity contribution in [2.45, 2.75) is 33.6 Å². The van der Waals surface area contributed by atoms with E-state index in [9.17, 15) is 4.79 Å². The van der Waals surface area contributed by atoms with Crippen molar-refractivity contribution in [3.8, 4) is 0 Å². The maximum atomic E-state index is 11.9. The Morgan fingerprint density at radius 3 is 2.82 bits per heavy atom. The summed E-state index contributed by atoms with van der Waals surface area (Å²) in [6.07, 6.45) is 1.74. The molecule has 1 aromatic rings. The molecule has 0 spiro atoms. The molecule has 5 heteroatoms. The van der Waals surface area contributed by atoms with E-state index in [1.807, 2.05) is 6.92 Å². The van der Waals surface area contributed by atoms with Crippen LogP contribution in [0.4, 0.5) is 0 Å². The minimum Gasteiger partial charge on any atom is -0.351 e. The standard InChI is InChI=1S/C12H21N3OS/c1-8(2)5-7-14-12(16)11-9(3)15-10(17-11)4-6-13/h8H,4-7,13H2,1-3H3,(H,14,16). The third-order valence-corrected chi connectivity index (χ3v) is 3.63. The first-order valence-corrected chi connectivity index (χ1v) is 6.80. The lowest BCUT2D eigenvalue weighted by Crippen LogP contribution is -2.25. The van der Waals surface area contributed by atoms with Gasteiger partial charge in [-0.3, -0.25) is 4.79 Å². The third-order valence-electron chi connectivity index (χ3n) is 2.41. The predicted octanol–water partition coefficient (Wildman–Crippen LogP) is 1.73. The number of carbonyl (C=O) groups is 1. The van der Waals surface area contributed by atoms with Gasteiger partial charge < -0.3 is 11.1 Å². The fourth-order valence-electron chi connectivity index (χ4n) is 1.45. The minimum atomic E-state index is -0.0103. The van der Waals surface area contributed by atoms with Crippen LogP contribution in [-0.4, -0.2) is 24.0 Å². The van der Waals surface area contributed by atoms with E-state index in [2.05, 4.69) is 24.1 Å². The van der Waals surface area contributed by atoms with Crippen molar-refractivity contribution in [1.29, 1.82) is 0 Å². The van der Waals surface area contributed by atoms with Crippen molar-refractivity contribution in [2.75, 3.05) is 13.1 Å². The molecule has 0 saturated heterocycles. The van der Waals surface area contributed by atoms with Crippen LogP contribution in [0.2, 0.25) is 0 Å². The predicted molar refractivity (Wildman–Crippen MR) is 71.4 cm³/mol. The molecule has 1 amide bonds. The minimum absolute atomic E-state index is 0.0103. The highest BCUT2D eigenvalue weighted by Gasteiger charge is 2.14. The molecule has 0 saturated carbocycles. The molecule has 0 unspecified atom stereocenters. The van der Waals surface area contributed by atoms with E-state index in [0.717, 1.165) is 35.0 Å². The fraction of sp³-hybridized carbons (Fsp3) is 0.667. The zero-order chi connectivity index (χ0) is 12.8. The van der Waals surface area contributed by atoms with Gasteiger partial charge in [0.05, 0.1) is 10.7 Å². The number of rotatable bonds is 6. The molecule has 1 heterocycles. The molecular weight excluding hydrogens is 234 g/mol. The second-order valence-corrected chi connectivity index (χ2v) is 5.58. The van der Waals surface area contributed by atoms with Crippen molar-refractivity contribution < 1.29 is 4.79 Å². The van der Waals surface area contributed by atoms with Gasteiger partial charge >= 0.3 is 0 Å². The number of amides is 1. The average molecular weight is 255 g/mol. The Morgan fingerprint density at radius 2 is 2.24 bits per heavy atom. The molecular formula is C12H21N3OS. The van der Waals surface area contributed by atoms with Gasteiger partial charge in [0.15, 0.2) is 0 Å². The van der Waals surface area contributed by atoms with E-state index >= 15 is 0 Å². The van der Waals surface area contributed by atoms with Crippen LogP contribution in [0.15, 0.2) is 0 Å². The molecule has 4 nitrogen and oxygen atoms in total. The number of hydrogen-bond acceptors (Lipinski definition) is 4. The van der Waals surface area contributed by atoms with Crippen LogP contribution in [0.1, 0.15) is 40.6 Å². The summed E-state index contributed by atoms with van der Waals surface area (Å²) >= 11 is 1.45. The zero-order valence-corrected chi connectivity index (χ0v) is 11.6. The largest absolute Gasteiger partial charge is 0.351 e. The van der Waals surface area contributed by atoms with Crippen molar-refractivity contribution in [2.24, 2.45) is 11.7 Å². The van der Waals surface area contributed by atoms with Gasteiger partial charge in [-0.25, -0.2) is 4.98 Å². The molecule has 96 valence electrons. The lowest BCUT2D eigenvalue weighted by Gasteiger charge is -2.05. The van der Waals surface area contributed by atoms with Crippen LogP contribution in [0.3, 0.4) is 0 Å². The highest BCUT2D eigenvalue weighted by atomic mass is 32.1. The third kappa shape index (κ3) is 4.44. The Balaban J connectivity index is 2.56. The van der Waals surface area contributed by atoms with Gasteiger partial charge in [-0.1, -0.05) is 13.8 Å². The molecule has 0 fully saturated rings. The van der Waals surface area contributed by atoms with Gasteiger partial charge in [-0.05, 0) is 25.8 Å². The number of nitrogens with one attached hydrogen (secondary N) is 1. The SMILES string of the molecule is Cc1nc(CCN)sc1C(=O)NCCC(C)C. The second-order valence-electron chi connectivity index (χ2n) is 4.50. The molecule has 0 aliphatic heterocycles. The average Bonchev–Trinajstić information content (AvgIpc) is 2.59. The summed E-state index contributed by atoms with van der Waals surface area (Å²) in [7, 11) is 0. The van der Waals surface area contributed by atoms with Crippen LogP contribution < -0.4 is 11.1 Å². The lowest BCUT2D eigenvalue weighted by molar-refractivity contribution is 0.0955. The number of nitrogens with zero attached hydrogens (tertiary/aromatic N) is 1. The molecule has 0 aliphatic rings. The van der Waals surface area contributed by atoms with Crippen LogP contribution in [0.5, 0.6) is 0 Å². The number of thiazole rings is 1. The highest BCUT2D eigenvalue weighted by Crippen LogP contribution is 2.18. The highest BCUT2D eigenvalue weighted by molar-refractivity contribution is 7.13. The molecule has 3 N–H and O–H groups in total. The van der Waals surface area contributed by atoms with Crippen LogP contribution in [0.25, 0.3) is 0 Å². The quantitative estimate of drug-likeness (QED) is 0.813. The summed E-state index contributed by atoms with van der Waals surface area (Å²) in [5.41, 5.74) is 6.28. The van der Waals surface area contributed by atoms with Gasteiger partial charge in [0.25, 0.3) is 5.91 Å². The number of aromatic nitrogens is 1. The smallest absolute Gasteiger partial charge is 0.263 e. The normalized spacial score (nSPS) is 10.9. The molecule has 0 aromatic carbocycles. The van der Waals surface area contributed by atoms with Gasteiger partial charge in [-0.2, -0.15) is 0 Å². The van der Waals surface area contributed by atoms with Crippen LogP contribution in [-0.2, 0) is 6.42 Å². The zero-order valence-electron chi connectivity index (χ0n) is 10.7. The van der Waals surface area contributed by atoms with E-state index in [0.29, 0.717) is 12.5 Å². The summed E-state index contributed by atoms with van der Waals surface area (Å²) in [5.74, 6) is 0.592. The summed E-state index contributed by atoms with van der Waals surface area (Å²) in [6, 6.07) is 0. The summed E-state index contributed by atoms with van der Waals surface area (Å²) < 4.78 is 0. The number of hydrogen-bond donors (Lipinski definition) is 2. The molecule has 0 bridgehead atoms. The van der Waals surface area contributed by atoms with E-state index in [4.69, 9.17) is 5.73 Å². The first-order chi connectivity index (χ1) is 8.04. The maximum Gasteiger partial charge on any atom is 0.263 e. The molecule has 17 heavy (non-hydrogen) atoms. The van der Waals surface area contributed by atoms with Crippen molar-refractivity contribution in [1.82, 2.24) is 10.3 Å². The van der Waals surface area contributed by atoms with Crippen molar-refractivity contribution >= 4 is 17.2 Å². The summed E-state index contributed by atoms with van der Waals surface area (Å²) in [5, 5.41) is 3.87. The van der Waals surface area contributed by atoms with Crippen LogP contribution in [0, 0.1) is 12.8 Å². The van der Waals surface area contributed by atoms with Gasteiger partial charge in [0.1, 0.15) is 4.88 Å². The number of nitrogens with two attached hydrogens (primary N) is 1. The molecule has 0 atom stereocenters.